The zero-order valence-corrected chi connectivity index (χ0v) is 15.4. The lowest BCUT2D eigenvalue weighted by Crippen LogP contribution is -2.27. The second kappa shape index (κ2) is 7.39. The van der Waals surface area contributed by atoms with Crippen LogP contribution in [-0.4, -0.2) is 17.6 Å². The molecule has 0 fully saturated rings. The van der Waals surface area contributed by atoms with E-state index < -0.39 is 11.9 Å². The van der Waals surface area contributed by atoms with Gasteiger partial charge in [-0.15, -0.1) is 0 Å². The number of urea groups is 1. The number of anilines is 1. The predicted octanol–water partition coefficient (Wildman–Crippen LogP) is 3.86. The number of carbonyl (C=O) groups excluding carboxylic acids is 2. The molecule has 1 aliphatic carbocycles. The van der Waals surface area contributed by atoms with Crippen molar-refractivity contribution in [2.24, 2.45) is 10.8 Å². The highest BCUT2D eigenvalue weighted by molar-refractivity contribution is 6.35. The van der Waals surface area contributed by atoms with E-state index in [9.17, 15) is 9.59 Å². The van der Waals surface area contributed by atoms with E-state index in [0.29, 0.717) is 45.6 Å². The standard InChI is InChI=1S/C17H16Cl2N4O3/c1-8-14-12(22-23-17(20)25)3-2-4-13(14)26-15(8)16(24)21-11-6-9(18)5-10(19)7-11/h5-7H,2-4H2,1H3,(H,21,24)(H3,20,23,25)/b22-12+. The van der Waals surface area contributed by atoms with Gasteiger partial charge >= 0.3 is 6.03 Å². The number of hydrogen-bond acceptors (Lipinski definition) is 4. The maximum absolute atomic E-state index is 12.6. The summed E-state index contributed by atoms with van der Waals surface area (Å²) in [4.78, 5) is 23.5. The number of nitrogens with two attached hydrogens (primary N) is 1. The number of aryl methyl sites for hydroxylation is 1. The summed E-state index contributed by atoms with van der Waals surface area (Å²) >= 11 is 11.9. The van der Waals surface area contributed by atoms with Gasteiger partial charge in [0, 0.05) is 33.3 Å². The smallest absolute Gasteiger partial charge is 0.332 e. The number of fused-ring (bicyclic) bond motifs is 1. The second-order valence-electron chi connectivity index (χ2n) is 5.85. The summed E-state index contributed by atoms with van der Waals surface area (Å²) in [5.74, 6) is 0.422. The molecule has 0 spiro atoms. The Morgan fingerprint density at radius 1 is 1.19 bits per heavy atom. The van der Waals surface area contributed by atoms with E-state index in [4.69, 9.17) is 33.4 Å². The third-order valence-electron chi connectivity index (χ3n) is 3.95. The lowest BCUT2D eigenvalue weighted by Gasteiger charge is -2.13. The average molecular weight is 395 g/mol. The molecule has 136 valence electrons. The van der Waals surface area contributed by atoms with E-state index in [2.05, 4.69) is 15.8 Å². The van der Waals surface area contributed by atoms with Gasteiger partial charge < -0.3 is 15.5 Å². The van der Waals surface area contributed by atoms with Gasteiger partial charge in [-0.2, -0.15) is 5.10 Å². The van der Waals surface area contributed by atoms with Crippen molar-refractivity contribution in [3.05, 3.63) is 50.9 Å². The highest BCUT2D eigenvalue weighted by Gasteiger charge is 2.28. The summed E-state index contributed by atoms with van der Waals surface area (Å²) in [6.45, 7) is 1.77. The van der Waals surface area contributed by atoms with Gasteiger partial charge in [0.1, 0.15) is 5.76 Å². The van der Waals surface area contributed by atoms with Gasteiger partial charge in [0.05, 0.1) is 5.71 Å². The summed E-state index contributed by atoms with van der Waals surface area (Å²) in [6.07, 6.45) is 2.13. The molecule has 0 saturated carbocycles. The molecule has 1 aromatic heterocycles. The molecule has 0 bridgehead atoms. The summed E-state index contributed by atoms with van der Waals surface area (Å²) in [5.41, 5.74) is 9.78. The average Bonchev–Trinajstić information content (AvgIpc) is 2.89. The number of benzene rings is 1. The SMILES string of the molecule is Cc1c(C(=O)Nc2cc(Cl)cc(Cl)c2)oc2c1/C(=N/NC(N)=O)CCC2. The van der Waals surface area contributed by atoms with Gasteiger partial charge in [-0.05, 0) is 38.0 Å². The maximum Gasteiger partial charge on any atom is 0.332 e. The number of amides is 3. The van der Waals surface area contributed by atoms with Crippen molar-refractivity contribution in [3.8, 4) is 0 Å². The number of carbonyl (C=O) groups is 2. The maximum atomic E-state index is 12.6. The summed E-state index contributed by atoms with van der Waals surface area (Å²) < 4.78 is 5.77. The Morgan fingerprint density at radius 2 is 1.88 bits per heavy atom. The monoisotopic (exact) mass is 394 g/mol. The molecule has 3 rings (SSSR count). The van der Waals surface area contributed by atoms with Crippen LogP contribution in [0.5, 0.6) is 0 Å². The highest BCUT2D eigenvalue weighted by atomic mass is 35.5. The normalized spacial score (nSPS) is 14.8. The number of halogens is 2. The van der Waals surface area contributed by atoms with Crippen LogP contribution in [0.2, 0.25) is 10.0 Å². The fourth-order valence-corrected chi connectivity index (χ4v) is 3.46. The zero-order valence-electron chi connectivity index (χ0n) is 13.9. The van der Waals surface area contributed by atoms with Crippen molar-refractivity contribution >= 4 is 46.5 Å². The number of furan rings is 1. The van der Waals surface area contributed by atoms with E-state index in [-0.39, 0.29) is 5.76 Å². The number of nitrogens with one attached hydrogen (secondary N) is 2. The molecule has 0 aliphatic heterocycles. The number of primary amides is 1. The number of rotatable bonds is 3. The van der Waals surface area contributed by atoms with E-state index in [1.54, 1.807) is 25.1 Å². The van der Waals surface area contributed by atoms with Gasteiger partial charge in [0.25, 0.3) is 5.91 Å². The number of hydrogen-bond donors (Lipinski definition) is 3. The topological polar surface area (TPSA) is 110 Å². The lowest BCUT2D eigenvalue weighted by atomic mass is 9.93. The molecule has 0 saturated heterocycles. The van der Waals surface area contributed by atoms with Crippen LogP contribution in [0.15, 0.2) is 27.7 Å². The molecule has 4 N–H and O–H groups in total. The van der Waals surface area contributed by atoms with E-state index in [0.717, 1.165) is 12.0 Å². The van der Waals surface area contributed by atoms with Crippen LogP contribution in [0, 0.1) is 6.92 Å². The second-order valence-corrected chi connectivity index (χ2v) is 6.73. The van der Waals surface area contributed by atoms with Gasteiger partial charge in [0.2, 0.25) is 0 Å². The van der Waals surface area contributed by atoms with E-state index in [1.165, 1.54) is 0 Å². The Balaban J connectivity index is 1.91. The van der Waals surface area contributed by atoms with Crippen LogP contribution in [0.3, 0.4) is 0 Å². The molecular weight excluding hydrogens is 379 g/mol. The first kappa shape index (κ1) is 18.3. The lowest BCUT2D eigenvalue weighted by molar-refractivity contribution is 0.0994. The van der Waals surface area contributed by atoms with Crippen LogP contribution >= 0.6 is 23.2 Å². The Hall–Kier alpha value is -2.51. The Bertz CT molecular complexity index is 901. The van der Waals surface area contributed by atoms with Gasteiger partial charge in [-0.1, -0.05) is 23.2 Å². The van der Waals surface area contributed by atoms with E-state index >= 15 is 0 Å². The number of hydrazone groups is 1. The summed E-state index contributed by atoms with van der Waals surface area (Å²) in [7, 11) is 0. The minimum atomic E-state index is -0.749. The van der Waals surface area contributed by atoms with Crippen LogP contribution in [0.1, 0.15) is 40.3 Å². The van der Waals surface area contributed by atoms with Crippen LogP contribution in [0.4, 0.5) is 10.5 Å². The quantitative estimate of drug-likeness (QED) is 0.687. The van der Waals surface area contributed by atoms with Crippen molar-refractivity contribution in [2.45, 2.75) is 26.2 Å². The minimum Gasteiger partial charge on any atom is -0.455 e. The Morgan fingerprint density at radius 3 is 2.54 bits per heavy atom. The largest absolute Gasteiger partial charge is 0.455 e. The molecular formula is C17H16Cl2N4O3. The van der Waals surface area contributed by atoms with Gasteiger partial charge in [0.15, 0.2) is 5.76 Å². The Kier molecular flexibility index (Phi) is 5.20. The molecule has 2 aromatic rings. The van der Waals surface area contributed by atoms with Crippen molar-refractivity contribution < 1.29 is 14.0 Å². The third-order valence-corrected chi connectivity index (χ3v) is 4.39. The minimum absolute atomic E-state index is 0.180. The van der Waals surface area contributed by atoms with Gasteiger partial charge in [-0.25, -0.2) is 10.2 Å². The molecule has 1 aliphatic rings. The fraction of sp³-hybridized carbons (Fsp3) is 0.235. The first-order valence-corrected chi connectivity index (χ1v) is 8.63. The molecule has 7 nitrogen and oxygen atoms in total. The molecule has 0 atom stereocenters. The van der Waals surface area contributed by atoms with Crippen molar-refractivity contribution in [2.75, 3.05) is 5.32 Å². The van der Waals surface area contributed by atoms with Crippen molar-refractivity contribution in [3.63, 3.8) is 0 Å². The van der Waals surface area contributed by atoms with Crippen molar-refractivity contribution in [1.82, 2.24) is 5.43 Å². The summed E-state index contributed by atoms with van der Waals surface area (Å²) in [5, 5.41) is 7.58. The van der Waals surface area contributed by atoms with Crippen molar-refractivity contribution in [1.29, 1.82) is 0 Å². The van der Waals surface area contributed by atoms with Crippen LogP contribution in [0.25, 0.3) is 0 Å². The fourth-order valence-electron chi connectivity index (χ4n) is 2.93. The molecule has 9 heteroatoms. The highest BCUT2D eigenvalue weighted by Crippen LogP contribution is 2.31. The molecule has 0 radical (unpaired) electrons. The van der Waals surface area contributed by atoms with E-state index in [1.807, 2.05) is 0 Å². The first-order chi connectivity index (χ1) is 12.3. The third kappa shape index (κ3) is 3.84. The molecule has 26 heavy (non-hydrogen) atoms. The molecule has 0 unspecified atom stereocenters. The number of nitrogens with zero attached hydrogens (tertiary/aromatic N) is 1. The zero-order chi connectivity index (χ0) is 18.8. The molecule has 1 heterocycles. The Labute approximate surface area is 159 Å². The summed E-state index contributed by atoms with van der Waals surface area (Å²) in [6, 6.07) is 4.01. The first-order valence-electron chi connectivity index (χ1n) is 7.87. The predicted molar refractivity (Wildman–Crippen MR) is 100 cm³/mol. The van der Waals surface area contributed by atoms with Gasteiger partial charge in [-0.3, -0.25) is 4.79 Å². The van der Waals surface area contributed by atoms with Crippen LogP contribution < -0.4 is 16.5 Å². The molecule has 1 aromatic carbocycles. The van der Waals surface area contributed by atoms with Crippen LogP contribution in [-0.2, 0) is 6.42 Å². The molecule has 3 amide bonds.